The lowest BCUT2D eigenvalue weighted by atomic mass is 10.1. The summed E-state index contributed by atoms with van der Waals surface area (Å²) >= 11 is 1.69. The van der Waals surface area contributed by atoms with Crippen LogP contribution in [0.15, 0.2) is 15.9 Å². The summed E-state index contributed by atoms with van der Waals surface area (Å²) in [6, 6.07) is 0. The normalized spacial score (nSPS) is 12.0. The summed E-state index contributed by atoms with van der Waals surface area (Å²) in [7, 11) is 0. The molecule has 0 saturated heterocycles. The van der Waals surface area contributed by atoms with Crippen molar-refractivity contribution in [3.05, 3.63) is 12.0 Å². The van der Waals surface area contributed by atoms with Gasteiger partial charge in [0.15, 0.2) is 0 Å². The number of thioether (sulfide) groups is 1. The third-order valence-electron chi connectivity index (χ3n) is 2.05. The molecule has 1 aromatic heterocycles. The van der Waals surface area contributed by atoms with E-state index in [0.717, 1.165) is 23.2 Å². The lowest BCUT2D eigenvalue weighted by molar-refractivity contribution is 0.421. The Kier molecular flexibility index (Phi) is 5.35. The van der Waals surface area contributed by atoms with Crippen molar-refractivity contribution in [3.8, 4) is 0 Å². The van der Waals surface area contributed by atoms with Crippen LogP contribution in [0.1, 0.15) is 39.3 Å². The van der Waals surface area contributed by atoms with Crippen LogP contribution >= 0.6 is 11.8 Å². The fraction of sp³-hybridized carbons (Fsp3) is 0.750. The molecule has 0 fully saturated rings. The maximum Gasteiger partial charge on any atom is 0.255 e. The predicted octanol–water partition coefficient (Wildman–Crippen LogP) is 3.24. The first kappa shape index (κ1) is 13.6. The van der Waals surface area contributed by atoms with Crippen LogP contribution < -0.4 is 5.32 Å². The quantitative estimate of drug-likeness (QED) is 0.614. The van der Waals surface area contributed by atoms with Crippen molar-refractivity contribution in [1.29, 1.82) is 0 Å². The summed E-state index contributed by atoms with van der Waals surface area (Å²) in [4.78, 5) is 4.25. The number of unbranched alkanes of at least 4 members (excludes halogenated alkanes) is 1. The van der Waals surface area contributed by atoms with E-state index in [2.05, 4.69) is 31.1 Å². The van der Waals surface area contributed by atoms with E-state index in [4.69, 9.17) is 4.42 Å². The summed E-state index contributed by atoms with van der Waals surface area (Å²) in [6.07, 6.45) is 4.09. The Balaban J connectivity index is 2.00. The first-order valence-corrected chi connectivity index (χ1v) is 6.76. The summed E-state index contributed by atoms with van der Waals surface area (Å²) in [5, 5.41) is 4.27. The summed E-state index contributed by atoms with van der Waals surface area (Å²) in [5.74, 6) is 1.08. The average molecular weight is 242 g/mol. The lowest BCUT2D eigenvalue weighted by Crippen LogP contribution is -2.36. The SMILES string of the molecule is Cc1coc(SCCCCNC(C)(C)C)n1. The van der Waals surface area contributed by atoms with Gasteiger partial charge in [0, 0.05) is 11.3 Å². The zero-order valence-electron chi connectivity index (χ0n) is 10.7. The van der Waals surface area contributed by atoms with Crippen molar-refractivity contribution in [2.75, 3.05) is 12.3 Å². The van der Waals surface area contributed by atoms with E-state index >= 15 is 0 Å². The molecular weight excluding hydrogens is 220 g/mol. The minimum Gasteiger partial charge on any atom is -0.440 e. The minimum absolute atomic E-state index is 0.229. The highest BCUT2D eigenvalue weighted by Crippen LogP contribution is 2.17. The van der Waals surface area contributed by atoms with Crippen LogP contribution in [0.25, 0.3) is 0 Å². The first-order chi connectivity index (χ1) is 7.47. The molecule has 92 valence electrons. The van der Waals surface area contributed by atoms with Gasteiger partial charge < -0.3 is 9.73 Å². The number of hydrogen-bond donors (Lipinski definition) is 1. The highest BCUT2D eigenvalue weighted by atomic mass is 32.2. The molecule has 1 rings (SSSR count). The van der Waals surface area contributed by atoms with E-state index < -0.39 is 0 Å². The number of aromatic nitrogens is 1. The monoisotopic (exact) mass is 242 g/mol. The van der Waals surface area contributed by atoms with Crippen molar-refractivity contribution in [1.82, 2.24) is 10.3 Å². The van der Waals surface area contributed by atoms with Crippen LogP contribution in [-0.2, 0) is 0 Å². The maximum atomic E-state index is 5.26. The van der Waals surface area contributed by atoms with Gasteiger partial charge in [-0.25, -0.2) is 4.98 Å². The largest absolute Gasteiger partial charge is 0.440 e. The Morgan fingerprint density at radius 1 is 1.38 bits per heavy atom. The van der Waals surface area contributed by atoms with Crippen molar-refractivity contribution in [3.63, 3.8) is 0 Å². The lowest BCUT2D eigenvalue weighted by Gasteiger charge is -2.20. The molecule has 0 amide bonds. The van der Waals surface area contributed by atoms with Crippen LogP contribution in [-0.4, -0.2) is 22.8 Å². The van der Waals surface area contributed by atoms with E-state index in [1.54, 1.807) is 18.0 Å². The molecule has 0 unspecified atom stereocenters. The minimum atomic E-state index is 0.229. The molecule has 1 aromatic rings. The molecule has 0 aliphatic heterocycles. The zero-order chi connectivity index (χ0) is 12.0. The Morgan fingerprint density at radius 3 is 2.69 bits per heavy atom. The molecule has 4 heteroatoms. The Morgan fingerprint density at radius 2 is 2.12 bits per heavy atom. The Bertz CT molecular complexity index is 304. The molecule has 0 aromatic carbocycles. The third kappa shape index (κ3) is 6.18. The number of nitrogens with zero attached hydrogens (tertiary/aromatic N) is 1. The van der Waals surface area contributed by atoms with Crippen LogP contribution in [0.5, 0.6) is 0 Å². The second kappa shape index (κ2) is 6.30. The van der Waals surface area contributed by atoms with Gasteiger partial charge in [-0.15, -0.1) is 0 Å². The molecule has 16 heavy (non-hydrogen) atoms. The van der Waals surface area contributed by atoms with Gasteiger partial charge in [-0.1, -0.05) is 11.8 Å². The van der Waals surface area contributed by atoms with Crippen molar-refractivity contribution in [2.24, 2.45) is 0 Å². The molecule has 0 bridgehead atoms. The Hall–Kier alpha value is -0.480. The number of nitrogens with one attached hydrogen (secondary N) is 1. The summed E-state index contributed by atoms with van der Waals surface area (Å²) in [5.41, 5.74) is 1.18. The van der Waals surface area contributed by atoms with Crippen molar-refractivity contribution in [2.45, 2.75) is 51.3 Å². The van der Waals surface area contributed by atoms with E-state index in [9.17, 15) is 0 Å². The maximum absolute atomic E-state index is 5.26. The van der Waals surface area contributed by atoms with Gasteiger partial charge in [-0.05, 0) is 47.1 Å². The zero-order valence-corrected chi connectivity index (χ0v) is 11.5. The molecule has 0 saturated carbocycles. The van der Waals surface area contributed by atoms with E-state index in [-0.39, 0.29) is 5.54 Å². The van der Waals surface area contributed by atoms with E-state index in [0.29, 0.717) is 0 Å². The van der Waals surface area contributed by atoms with Gasteiger partial charge in [-0.2, -0.15) is 0 Å². The molecule has 1 N–H and O–H groups in total. The van der Waals surface area contributed by atoms with Gasteiger partial charge in [-0.3, -0.25) is 0 Å². The number of hydrogen-bond acceptors (Lipinski definition) is 4. The summed E-state index contributed by atoms with van der Waals surface area (Å²) in [6.45, 7) is 9.60. The number of rotatable bonds is 6. The van der Waals surface area contributed by atoms with Crippen LogP contribution in [0, 0.1) is 6.92 Å². The second-order valence-corrected chi connectivity index (χ2v) is 6.03. The fourth-order valence-corrected chi connectivity index (χ4v) is 2.10. The van der Waals surface area contributed by atoms with Gasteiger partial charge in [0.25, 0.3) is 5.22 Å². The van der Waals surface area contributed by atoms with E-state index in [1.807, 2.05) is 6.92 Å². The smallest absolute Gasteiger partial charge is 0.255 e. The fourth-order valence-electron chi connectivity index (χ4n) is 1.25. The number of oxazole rings is 1. The van der Waals surface area contributed by atoms with Crippen LogP contribution in [0.3, 0.4) is 0 Å². The topological polar surface area (TPSA) is 38.1 Å². The van der Waals surface area contributed by atoms with Crippen LogP contribution in [0.4, 0.5) is 0 Å². The number of aryl methyl sites for hydroxylation is 1. The molecule has 0 aliphatic rings. The third-order valence-corrected chi connectivity index (χ3v) is 2.98. The molecule has 1 heterocycles. The average Bonchev–Trinajstić information content (AvgIpc) is 2.56. The van der Waals surface area contributed by atoms with Gasteiger partial charge >= 0.3 is 0 Å². The van der Waals surface area contributed by atoms with Gasteiger partial charge in [0.1, 0.15) is 6.26 Å². The molecule has 0 atom stereocenters. The van der Waals surface area contributed by atoms with Crippen molar-refractivity contribution >= 4 is 11.8 Å². The van der Waals surface area contributed by atoms with Crippen LogP contribution in [0.2, 0.25) is 0 Å². The first-order valence-electron chi connectivity index (χ1n) is 5.77. The predicted molar refractivity (Wildman–Crippen MR) is 69.0 cm³/mol. The second-order valence-electron chi connectivity index (χ2n) is 4.99. The Labute approximate surface area is 102 Å². The van der Waals surface area contributed by atoms with Crippen molar-refractivity contribution < 1.29 is 4.42 Å². The molecular formula is C12H22N2OS. The highest BCUT2D eigenvalue weighted by molar-refractivity contribution is 7.99. The highest BCUT2D eigenvalue weighted by Gasteiger charge is 2.07. The van der Waals surface area contributed by atoms with Gasteiger partial charge in [0.05, 0.1) is 5.69 Å². The standard InChI is InChI=1S/C12H22N2OS/c1-10-9-15-11(14-10)16-8-6-5-7-13-12(2,3)4/h9,13H,5-8H2,1-4H3. The van der Waals surface area contributed by atoms with E-state index in [1.165, 1.54) is 12.8 Å². The van der Waals surface area contributed by atoms with Gasteiger partial charge in [0.2, 0.25) is 0 Å². The molecule has 0 radical (unpaired) electrons. The molecule has 0 spiro atoms. The molecule has 3 nitrogen and oxygen atoms in total. The summed E-state index contributed by atoms with van der Waals surface area (Å²) < 4.78 is 5.26. The molecule has 0 aliphatic carbocycles.